The van der Waals surface area contributed by atoms with Crippen LogP contribution in [0.2, 0.25) is 0 Å². The summed E-state index contributed by atoms with van der Waals surface area (Å²) in [4.78, 5) is 0. The predicted molar refractivity (Wildman–Crippen MR) is 82.6 cm³/mol. The maximum atomic E-state index is 3.73. The quantitative estimate of drug-likeness (QED) is 0.560. The van der Waals surface area contributed by atoms with Crippen molar-refractivity contribution in [3.63, 3.8) is 0 Å². The topological polar surface area (TPSA) is 7.76 Å². The predicted octanol–water partition coefficient (Wildman–Crippen LogP) is 2.80. The number of pyridine rings is 2. The lowest BCUT2D eigenvalue weighted by Gasteiger charge is -1.95. The molecule has 100 valence electrons. The smallest absolute Gasteiger partial charge is 0.169 e. The minimum atomic E-state index is 0.839. The van der Waals surface area contributed by atoms with E-state index in [0.717, 1.165) is 13.1 Å². The van der Waals surface area contributed by atoms with Crippen LogP contribution in [0.5, 0.6) is 0 Å². The van der Waals surface area contributed by atoms with Crippen molar-refractivity contribution in [1.29, 1.82) is 0 Å². The Labute approximate surface area is 120 Å². The van der Waals surface area contributed by atoms with E-state index in [0.29, 0.717) is 0 Å². The van der Waals surface area contributed by atoms with Gasteiger partial charge in [-0.25, -0.2) is 9.13 Å². The summed E-state index contributed by atoms with van der Waals surface area (Å²) in [5, 5.41) is 0. The lowest BCUT2D eigenvalue weighted by Crippen LogP contribution is -2.31. The molecule has 0 bridgehead atoms. The van der Waals surface area contributed by atoms with Gasteiger partial charge in [-0.05, 0) is 23.3 Å². The Morgan fingerprint density at radius 3 is 1.35 bits per heavy atom. The highest BCUT2D eigenvalue weighted by Gasteiger charge is 1.97. The zero-order chi connectivity index (χ0) is 14.2. The molecule has 2 aromatic rings. The second-order valence-electron chi connectivity index (χ2n) is 4.57. The highest BCUT2D eigenvalue weighted by atomic mass is 14.9. The van der Waals surface area contributed by atoms with Gasteiger partial charge in [-0.3, -0.25) is 0 Å². The molecule has 0 saturated heterocycles. The van der Waals surface area contributed by atoms with E-state index >= 15 is 0 Å². The zero-order valence-corrected chi connectivity index (χ0v) is 11.7. The largest absolute Gasteiger partial charge is 0.201 e. The molecule has 2 heteroatoms. The molecule has 0 saturated carbocycles. The van der Waals surface area contributed by atoms with Crippen molar-refractivity contribution in [3.05, 3.63) is 85.5 Å². The van der Waals surface area contributed by atoms with E-state index in [2.05, 4.69) is 83.5 Å². The fraction of sp³-hybridized carbons (Fsp3) is 0.111. The van der Waals surface area contributed by atoms with Gasteiger partial charge in [0.25, 0.3) is 0 Å². The van der Waals surface area contributed by atoms with Crippen LogP contribution in [0.25, 0.3) is 12.2 Å². The minimum absolute atomic E-state index is 0.839. The van der Waals surface area contributed by atoms with Crippen molar-refractivity contribution in [2.75, 3.05) is 0 Å². The number of allylic oxidation sites excluding steroid dienone is 2. The molecule has 0 radical (unpaired) electrons. The first-order chi connectivity index (χ1) is 9.81. The molecular formula is C18H20N2+2. The van der Waals surface area contributed by atoms with E-state index in [1.807, 2.05) is 12.2 Å². The first-order valence-electron chi connectivity index (χ1n) is 6.70. The van der Waals surface area contributed by atoms with E-state index in [9.17, 15) is 0 Å². The summed E-state index contributed by atoms with van der Waals surface area (Å²) < 4.78 is 4.18. The van der Waals surface area contributed by atoms with Gasteiger partial charge in [-0.2, -0.15) is 0 Å². The Morgan fingerprint density at radius 1 is 0.700 bits per heavy atom. The fourth-order valence-corrected chi connectivity index (χ4v) is 1.89. The molecule has 0 aliphatic rings. The number of aromatic nitrogens is 2. The van der Waals surface area contributed by atoms with Crippen molar-refractivity contribution in [2.45, 2.75) is 13.1 Å². The Kier molecular flexibility index (Phi) is 5.01. The van der Waals surface area contributed by atoms with Crippen molar-refractivity contribution in [3.8, 4) is 0 Å². The number of hydrogen-bond donors (Lipinski definition) is 0. The van der Waals surface area contributed by atoms with Crippen LogP contribution in [0.1, 0.15) is 11.1 Å². The number of hydrogen-bond acceptors (Lipinski definition) is 0. The molecular weight excluding hydrogens is 244 g/mol. The summed E-state index contributed by atoms with van der Waals surface area (Å²) in [5.74, 6) is 0. The molecule has 0 N–H and O–H groups in total. The van der Waals surface area contributed by atoms with Gasteiger partial charge in [0.1, 0.15) is 0 Å². The third kappa shape index (κ3) is 4.02. The molecule has 2 rings (SSSR count). The summed E-state index contributed by atoms with van der Waals surface area (Å²) in [5.41, 5.74) is 2.38. The summed E-state index contributed by atoms with van der Waals surface area (Å²) in [6.07, 6.45) is 16.2. The van der Waals surface area contributed by atoms with E-state index in [-0.39, 0.29) is 0 Å². The molecule has 20 heavy (non-hydrogen) atoms. The van der Waals surface area contributed by atoms with Crippen LogP contribution < -0.4 is 9.13 Å². The van der Waals surface area contributed by atoms with Crippen LogP contribution in [0.3, 0.4) is 0 Å². The van der Waals surface area contributed by atoms with Gasteiger partial charge in [0.05, 0.1) is 0 Å². The summed E-state index contributed by atoms with van der Waals surface area (Å²) in [6, 6.07) is 8.39. The van der Waals surface area contributed by atoms with E-state index in [4.69, 9.17) is 0 Å². The van der Waals surface area contributed by atoms with E-state index < -0.39 is 0 Å². The maximum Gasteiger partial charge on any atom is 0.169 e. The monoisotopic (exact) mass is 264 g/mol. The molecule has 0 unspecified atom stereocenters. The zero-order valence-electron chi connectivity index (χ0n) is 11.7. The Balaban J connectivity index is 2.04. The SMILES string of the molecule is C=CC[n+]1ccc(/C=C/c2cc[n+](CC=C)cc2)cc1. The molecule has 2 nitrogen and oxygen atoms in total. The van der Waals surface area contributed by atoms with Crippen LogP contribution in [-0.4, -0.2) is 0 Å². The van der Waals surface area contributed by atoms with Crippen LogP contribution in [0, 0.1) is 0 Å². The molecule has 0 aromatic carbocycles. The molecule has 0 aliphatic carbocycles. The van der Waals surface area contributed by atoms with Crippen LogP contribution in [0.15, 0.2) is 74.4 Å². The van der Waals surface area contributed by atoms with Crippen molar-refractivity contribution in [1.82, 2.24) is 0 Å². The molecule has 0 aliphatic heterocycles. The molecule has 2 aromatic heterocycles. The Hall–Kier alpha value is -2.48. The van der Waals surface area contributed by atoms with Crippen molar-refractivity contribution in [2.24, 2.45) is 0 Å². The normalized spacial score (nSPS) is 10.6. The molecule has 0 amide bonds. The maximum absolute atomic E-state index is 3.73. The molecule has 2 heterocycles. The molecule has 0 fully saturated rings. The Morgan fingerprint density at radius 2 is 1.05 bits per heavy atom. The van der Waals surface area contributed by atoms with Crippen LogP contribution >= 0.6 is 0 Å². The number of rotatable bonds is 6. The second-order valence-corrected chi connectivity index (χ2v) is 4.57. The van der Waals surface area contributed by atoms with Gasteiger partial charge in [0.15, 0.2) is 37.9 Å². The van der Waals surface area contributed by atoms with Gasteiger partial charge < -0.3 is 0 Å². The highest BCUT2D eigenvalue weighted by molar-refractivity contribution is 5.68. The van der Waals surface area contributed by atoms with Gasteiger partial charge in [-0.15, -0.1) is 0 Å². The second kappa shape index (κ2) is 7.19. The van der Waals surface area contributed by atoms with Gasteiger partial charge in [-0.1, -0.05) is 25.3 Å². The summed E-state index contributed by atoms with van der Waals surface area (Å²) in [7, 11) is 0. The van der Waals surface area contributed by atoms with Crippen molar-refractivity contribution >= 4 is 12.2 Å². The minimum Gasteiger partial charge on any atom is -0.201 e. The standard InChI is InChI=1S/C18H20N2/c1-3-11-19-13-7-17(8-14-19)5-6-18-9-15-20(12-4-2)16-10-18/h3-10,13-16H,1-2,11-12H2/q+2/b6-5+. The summed E-state index contributed by atoms with van der Waals surface area (Å²) >= 11 is 0. The van der Waals surface area contributed by atoms with E-state index in [1.54, 1.807) is 0 Å². The average Bonchev–Trinajstić information content (AvgIpc) is 2.49. The Bertz CT molecular complexity index is 537. The third-order valence-electron chi connectivity index (χ3n) is 2.98. The number of nitrogens with zero attached hydrogens (tertiary/aromatic N) is 2. The fourth-order valence-electron chi connectivity index (χ4n) is 1.89. The van der Waals surface area contributed by atoms with Crippen molar-refractivity contribution < 1.29 is 9.13 Å². The highest BCUT2D eigenvalue weighted by Crippen LogP contribution is 2.05. The molecule has 0 atom stereocenters. The van der Waals surface area contributed by atoms with Crippen LogP contribution in [0.4, 0.5) is 0 Å². The average molecular weight is 264 g/mol. The van der Waals surface area contributed by atoms with Gasteiger partial charge >= 0.3 is 0 Å². The first kappa shape index (κ1) is 13.9. The summed E-state index contributed by atoms with van der Waals surface area (Å²) in [6.45, 7) is 9.14. The van der Waals surface area contributed by atoms with Crippen LogP contribution in [-0.2, 0) is 13.1 Å². The van der Waals surface area contributed by atoms with Gasteiger partial charge in [0.2, 0.25) is 0 Å². The van der Waals surface area contributed by atoms with E-state index in [1.165, 1.54) is 11.1 Å². The third-order valence-corrected chi connectivity index (χ3v) is 2.98. The lowest BCUT2D eigenvalue weighted by molar-refractivity contribution is -0.687. The first-order valence-corrected chi connectivity index (χ1v) is 6.70. The lowest BCUT2D eigenvalue weighted by atomic mass is 10.2. The van der Waals surface area contributed by atoms with Gasteiger partial charge in [0, 0.05) is 24.3 Å². The molecule has 0 spiro atoms.